The number of phenolic OH excluding ortho intramolecular Hbond substituents is 1. The van der Waals surface area contributed by atoms with Crippen LogP contribution in [0.5, 0.6) is 5.75 Å². The van der Waals surface area contributed by atoms with Crippen LogP contribution in [-0.2, 0) is 0 Å². The Balaban J connectivity index is 2.46. The van der Waals surface area contributed by atoms with Crippen LogP contribution >= 0.6 is 11.3 Å². The molecule has 0 bridgehead atoms. The largest absolute Gasteiger partial charge is 0.508 e. The highest BCUT2D eigenvalue weighted by Gasteiger charge is 2.11. The number of aromatic carboxylic acids is 1. The molecule has 2 aromatic rings. The minimum absolute atomic E-state index is 0.0937. The number of aromatic hydroxyl groups is 1. The van der Waals surface area contributed by atoms with Crippen molar-refractivity contribution in [3.05, 3.63) is 35.1 Å². The topological polar surface area (TPSA) is 70.4 Å². The third-order valence-corrected chi connectivity index (χ3v) is 2.74. The van der Waals surface area contributed by atoms with Crippen LogP contribution in [0.3, 0.4) is 0 Å². The molecule has 0 unspecified atom stereocenters. The number of hydrogen-bond donors (Lipinski definition) is 2. The number of halogens is 1. The molecule has 0 aliphatic heterocycles. The van der Waals surface area contributed by atoms with E-state index in [1.807, 2.05) is 0 Å². The van der Waals surface area contributed by atoms with Gasteiger partial charge in [-0.15, -0.1) is 11.3 Å². The third kappa shape index (κ3) is 2.01. The molecule has 0 fully saturated rings. The molecule has 1 heterocycles. The van der Waals surface area contributed by atoms with Crippen LogP contribution in [0.4, 0.5) is 4.39 Å². The van der Waals surface area contributed by atoms with Crippen LogP contribution in [0, 0.1) is 5.82 Å². The highest BCUT2D eigenvalue weighted by atomic mass is 32.1. The molecule has 1 aromatic heterocycles. The Morgan fingerprint density at radius 1 is 1.38 bits per heavy atom. The number of nitrogens with zero attached hydrogens (tertiary/aromatic N) is 1. The van der Waals surface area contributed by atoms with E-state index in [-0.39, 0.29) is 11.4 Å². The summed E-state index contributed by atoms with van der Waals surface area (Å²) < 4.78 is 13.0. The monoisotopic (exact) mass is 239 g/mol. The van der Waals surface area contributed by atoms with Crippen LogP contribution in [0.15, 0.2) is 23.6 Å². The highest BCUT2D eigenvalue weighted by molar-refractivity contribution is 7.13. The molecule has 0 aliphatic carbocycles. The van der Waals surface area contributed by atoms with Crippen molar-refractivity contribution in [2.24, 2.45) is 0 Å². The molecule has 0 saturated heterocycles. The van der Waals surface area contributed by atoms with Crippen LogP contribution in [0.1, 0.15) is 10.5 Å². The summed E-state index contributed by atoms with van der Waals surface area (Å²) in [4.78, 5) is 14.4. The van der Waals surface area contributed by atoms with Crippen molar-refractivity contribution in [2.75, 3.05) is 0 Å². The van der Waals surface area contributed by atoms with E-state index in [0.29, 0.717) is 10.6 Å². The number of phenols is 1. The molecule has 0 spiro atoms. The van der Waals surface area contributed by atoms with E-state index in [9.17, 15) is 14.3 Å². The predicted octanol–water partition coefficient (Wildman–Crippen LogP) is 2.35. The van der Waals surface area contributed by atoms with Gasteiger partial charge in [-0.05, 0) is 12.1 Å². The number of carbonyl (C=O) groups is 1. The fourth-order valence-corrected chi connectivity index (χ4v) is 1.98. The first-order valence-electron chi connectivity index (χ1n) is 4.25. The summed E-state index contributed by atoms with van der Waals surface area (Å²) in [5, 5.41) is 19.6. The number of carboxylic acid groups (broad SMARTS) is 1. The van der Waals surface area contributed by atoms with Crippen LogP contribution in [-0.4, -0.2) is 21.2 Å². The van der Waals surface area contributed by atoms with Crippen molar-refractivity contribution in [3.8, 4) is 16.3 Å². The number of aromatic nitrogens is 1. The van der Waals surface area contributed by atoms with Gasteiger partial charge in [0.1, 0.15) is 16.6 Å². The second-order valence-electron chi connectivity index (χ2n) is 3.04. The zero-order valence-electron chi connectivity index (χ0n) is 7.85. The molecule has 1 aromatic carbocycles. The molecule has 16 heavy (non-hydrogen) atoms. The van der Waals surface area contributed by atoms with Crippen molar-refractivity contribution < 1.29 is 19.4 Å². The molecule has 2 N–H and O–H groups in total. The summed E-state index contributed by atoms with van der Waals surface area (Å²) in [5.74, 6) is -1.95. The van der Waals surface area contributed by atoms with Gasteiger partial charge in [-0.25, -0.2) is 14.2 Å². The summed E-state index contributed by atoms with van der Waals surface area (Å²) >= 11 is 1.08. The molecular weight excluding hydrogens is 233 g/mol. The normalized spacial score (nSPS) is 10.3. The molecule has 0 saturated carbocycles. The van der Waals surface area contributed by atoms with E-state index in [1.54, 1.807) is 0 Å². The smallest absolute Gasteiger partial charge is 0.355 e. The second-order valence-corrected chi connectivity index (χ2v) is 3.90. The van der Waals surface area contributed by atoms with Gasteiger partial charge in [-0.2, -0.15) is 0 Å². The number of thiazole rings is 1. The summed E-state index contributed by atoms with van der Waals surface area (Å²) in [5.41, 5.74) is 0.263. The number of carboxylic acids is 1. The van der Waals surface area contributed by atoms with E-state index >= 15 is 0 Å². The van der Waals surface area contributed by atoms with Gasteiger partial charge >= 0.3 is 5.97 Å². The van der Waals surface area contributed by atoms with E-state index < -0.39 is 11.8 Å². The van der Waals surface area contributed by atoms with Crippen molar-refractivity contribution in [2.45, 2.75) is 0 Å². The van der Waals surface area contributed by atoms with Crippen molar-refractivity contribution in [3.63, 3.8) is 0 Å². The maximum absolute atomic E-state index is 13.0. The predicted molar refractivity (Wildman–Crippen MR) is 56.1 cm³/mol. The molecule has 82 valence electrons. The number of benzene rings is 1. The molecule has 2 rings (SSSR count). The van der Waals surface area contributed by atoms with Gasteiger partial charge < -0.3 is 10.2 Å². The fourth-order valence-electron chi connectivity index (χ4n) is 1.20. The van der Waals surface area contributed by atoms with Gasteiger partial charge in [-0.3, -0.25) is 0 Å². The van der Waals surface area contributed by atoms with Crippen molar-refractivity contribution in [1.29, 1.82) is 0 Å². The average molecular weight is 239 g/mol. The standard InChI is InChI=1S/C10H6FNO3S/c11-6-1-5(2-7(13)3-6)9-12-8(4-16-9)10(14)15/h1-4,13H,(H,14,15). The zero-order valence-corrected chi connectivity index (χ0v) is 8.66. The lowest BCUT2D eigenvalue weighted by Crippen LogP contribution is -1.95. The van der Waals surface area contributed by atoms with Crippen molar-refractivity contribution >= 4 is 17.3 Å². The molecule has 4 nitrogen and oxygen atoms in total. The van der Waals surface area contributed by atoms with E-state index in [0.717, 1.165) is 17.4 Å². The van der Waals surface area contributed by atoms with Crippen LogP contribution in [0.25, 0.3) is 10.6 Å². The summed E-state index contributed by atoms with van der Waals surface area (Å²) in [6, 6.07) is 3.48. The minimum Gasteiger partial charge on any atom is -0.508 e. The lowest BCUT2D eigenvalue weighted by atomic mass is 10.2. The maximum atomic E-state index is 13.0. The van der Waals surface area contributed by atoms with Gasteiger partial charge in [0, 0.05) is 17.0 Å². The molecular formula is C10H6FNO3S. The first-order chi connectivity index (χ1) is 7.56. The van der Waals surface area contributed by atoms with E-state index in [1.165, 1.54) is 17.5 Å². The third-order valence-electron chi connectivity index (χ3n) is 1.85. The van der Waals surface area contributed by atoms with Gasteiger partial charge in [0.15, 0.2) is 5.69 Å². The van der Waals surface area contributed by atoms with Crippen LogP contribution < -0.4 is 0 Å². The quantitative estimate of drug-likeness (QED) is 0.843. The van der Waals surface area contributed by atoms with E-state index in [2.05, 4.69) is 4.98 Å². The summed E-state index contributed by atoms with van der Waals surface area (Å²) in [6.45, 7) is 0. The van der Waals surface area contributed by atoms with Gasteiger partial charge in [0.05, 0.1) is 0 Å². The zero-order chi connectivity index (χ0) is 11.7. The Labute approximate surface area is 93.6 Å². The van der Waals surface area contributed by atoms with Crippen LogP contribution in [0.2, 0.25) is 0 Å². The van der Waals surface area contributed by atoms with Gasteiger partial charge in [-0.1, -0.05) is 0 Å². The first-order valence-corrected chi connectivity index (χ1v) is 5.13. The molecule has 0 atom stereocenters. The lowest BCUT2D eigenvalue weighted by Gasteiger charge is -1.98. The summed E-state index contributed by atoms with van der Waals surface area (Å²) in [6.07, 6.45) is 0. The Morgan fingerprint density at radius 2 is 2.12 bits per heavy atom. The Bertz CT molecular complexity index is 532. The van der Waals surface area contributed by atoms with Gasteiger partial charge in [0.25, 0.3) is 0 Å². The first kappa shape index (κ1) is 10.6. The lowest BCUT2D eigenvalue weighted by molar-refractivity contribution is 0.0691. The average Bonchev–Trinajstić information content (AvgIpc) is 2.64. The minimum atomic E-state index is -1.14. The molecule has 0 radical (unpaired) electrons. The summed E-state index contributed by atoms with van der Waals surface area (Å²) in [7, 11) is 0. The Kier molecular flexibility index (Phi) is 2.57. The number of rotatable bonds is 2. The van der Waals surface area contributed by atoms with E-state index in [4.69, 9.17) is 5.11 Å². The highest BCUT2D eigenvalue weighted by Crippen LogP contribution is 2.27. The SMILES string of the molecule is O=C(O)c1csc(-c2cc(O)cc(F)c2)n1. The molecule has 6 heteroatoms. The second kappa shape index (κ2) is 3.90. The molecule has 0 aliphatic rings. The number of hydrogen-bond acceptors (Lipinski definition) is 4. The Hall–Kier alpha value is -1.95. The Morgan fingerprint density at radius 3 is 2.69 bits per heavy atom. The van der Waals surface area contributed by atoms with Gasteiger partial charge in [0.2, 0.25) is 0 Å². The van der Waals surface area contributed by atoms with Crippen molar-refractivity contribution in [1.82, 2.24) is 4.98 Å². The maximum Gasteiger partial charge on any atom is 0.355 e. The molecule has 0 amide bonds. The fraction of sp³-hybridized carbons (Fsp3) is 0.